The van der Waals surface area contributed by atoms with Gasteiger partial charge in [0.15, 0.2) is 0 Å². The van der Waals surface area contributed by atoms with Crippen LogP contribution in [-0.4, -0.2) is 42.3 Å². The molecule has 0 atom stereocenters. The van der Waals surface area contributed by atoms with Gasteiger partial charge in [-0.2, -0.15) is 8.78 Å². The number of carbonyl (C=O) groups is 1. The van der Waals surface area contributed by atoms with E-state index in [1.54, 1.807) is 24.3 Å². The average molecular weight is 305 g/mol. The van der Waals surface area contributed by atoms with Crippen LogP contribution >= 0.6 is 0 Å². The van der Waals surface area contributed by atoms with E-state index in [1.807, 2.05) is 6.07 Å². The molecule has 7 heteroatoms. The Balaban J connectivity index is 1.87. The lowest BCUT2D eigenvalue weighted by molar-refractivity contribution is -0.182. The molecule has 0 bridgehead atoms. The minimum atomic E-state index is -4.62. The normalized spacial score (nSPS) is 17.1. The number of nitrogens with zero attached hydrogens (tertiary/aromatic N) is 1. The van der Waals surface area contributed by atoms with Crippen molar-refractivity contribution in [2.75, 3.05) is 13.1 Å². The van der Waals surface area contributed by atoms with Crippen LogP contribution in [0.2, 0.25) is 0 Å². The number of carbonyl (C=O) groups excluding carboxylic acids is 1. The fourth-order valence-corrected chi connectivity index (χ4v) is 2.17. The van der Waals surface area contributed by atoms with Gasteiger partial charge in [0.05, 0.1) is 0 Å². The van der Waals surface area contributed by atoms with E-state index < -0.39 is 18.3 Å². The van der Waals surface area contributed by atoms with Crippen molar-refractivity contribution < 1.29 is 27.1 Å². The van der Waals surface area contributed by atoms with Crippen LogP contribution < -0.4 is 4.74 Å². The molecule has 0 saturated carbocycles. The van der Waals surface area contributed by atoms with E-state index in [9.17, 15) is 22.4 Å². The standard InChI is InChI=1S/C14H15F4NO2/c15-12(16)14(17,18)13(20)19-8-6-11(7-9-19)21-10-4-2-1-3-5-10/h1-5,11-12H,6-9H2. The maximum atomic E-state index is 13.0. The number of piperidine rings is 1. The fourth-order valence-electron chi connectivity index (χ4n) is 2.17. The third-order valence-corrected chi connectivity index (χ3v) is 3.33. The quantitative estimate of drug-likeness (QED) is 0.801. The maximum Gasteiger partial charge on any atom is 0.383 e. The van der Waals surface area contributed by atoms with E-state index in [0.717, 1.165) is 4.90 Å². The predicted molar refractivity (Wildman–Crippen MR) is 67.6 cm³/mol. The Morgan fingerprint density at radius 2 is 1.76 bits per heavy atom. The van der Waals surface area contributed by atoms with Crippen LogP contribution in [0.25, 0.3) is 0 Å². The number of amides is 1. The van der Waals surface area contributed by atoms with Crippen molar-refractivity contribution in [2.24, 2.45) is 0 Å². The molecule has 1 amide bonds. The molecular weight excluding hydrogens is 290 g/mol. The predicted octanol–water partition coefficient (Wildman–Crippen LogP) is 2.96. The molecule has 21 heavy (non-hydrogen) atoms. The van der Waals surface area contributed by atoms with Gasteiger partial charge in [0.25, 0.3) is 5.91 Å². The Kier molecular flexibility index (Phi) is 4.69. The summed E-state index contributed by atoms with van der Waals surface area (Å²) in [4.78, 5) is 12.2. The number of likely N-dealkylation sites (tertiary alicyclic amines) is 1. The summed E-state index contributed by atoms with van der Waals surface area (Å²) in [5.41, 5.74) is 0. The molecule has 1 aromatic carbocycles. The van der Waals surface area contributed by atoms with Gasteiger partial charge in [0.1, 0.15) is 11.9 Å². The largest absolute Gasteiger partial charge is 0.490 e. The first-order chi connectivity index (χ1) is 9.91. The molecule has 0 N–H and O–H groups in total. The van der Waals surface area contributed by atoms with Gasteiger partial charge in [-0.05, 0) is 12.1 Å². The number of halogens is 4. The van der Waals surface area contributed by atoms with Crippen LogP contribution in [0.5, 0.6) is 5.75 Å². The number of alkyl halides is 4. The van der Waals surface area contributed by atoms with E-state index >= 15 is 0 Å². The molecule has 0 unspecified atom stereocenters. The highest BCUT2D eigenvalue weighted by Gasteiger charge is 2.51. The molecule has 1 aromatic rings. The molecule has 1 fully saturated rings. The van der Waals surface area contributed by atoms with Crippen LogP contribution in [0.4, 0.5) is 17.6 Å². The second kappa shape index (κ2) is 6.32. The second-order valence-corrected chi connectivity index (χ2v) is 4.85. The lowest BCUT2D eigenvalue weighted by Gasteiger charge is -2.33. The number of hydrogen-bond donors (Lipinski definition) is 0. The summed E-state index contributed by atoms with van der Waals surface area (Å²) < 4.78 is 56.0. The van der Waals surface area contributed by atoms with Gasteiger partial charge in [-0.3, -0.25) is 4.79 Å². The molecule has 0 aliphatic carbocycles. The number of hydrogen-bond acceptors (Lipinski definition) is 2. The van der Waals surface area contributed by atoms with Crippen LogP contribution in [-0.2, 0) is 4.79 Å². The number of benzene rings is 1. The number of para-hydroxylation sites is 1. The molecule has 0 radical (unpaired) electrons. The van der Waals surface area contributed by atoms with Gasteiger partial charge in [-0.15, -0.1) is 0 Å². The molecule has 0 spiro atoms. The molecule has 0 aromatic heterocycles. The van der Waals surface area contributed by atoms with Gasteiger partial charge in [0, 0.05) is 25.9 Å². The van der Waals surface area contributed by atoms with E-state index in [4.69, 9.17) is 4.74 Å². The summed E-state index contributed by atoms with van der Waals surface area (Å²) in [7, 11) is 0. The molecule has 1 heterocycles. The highest BCUT2D eigenvalue weighted by molar-refractivity contribution is 5.84. The fraction of sp³-hybridized carbons (Fsp3) is 0.500. The Hall–Kier alpha value is -1.79. The van der Waals surface area contributed by atoms with E-state index in [0.29, 0.717) is 18.6 Å². The Morgan fingerprint density at radius 1 is 1.19 bits per heavy atom. The first-order valence-electron chi connectivity index (χ1n) is 6.58. The first-order valence-corrected chi connectivity index (χ1v) is 6.58. The lowest BCUT2D eigenvalue weighted by Crippen LogP contribution is -2.51. The minimum Gasteiger partial charge on any atom is -0.490 e. The summed E-state index contributed by atoms with van der Waals surface area (Å²) in [6.45, 7) is -0.0305. The second-order valence-electron chi connectivity index (χ2n) is 4.85. The van der Waals surface area contributed by atoms with Gasteiger partial charge < -0.3 is 9.64 Å². The molecule has 3 nitrogen and oxygen atoms in total. The zero-order valence-electron chi connectivity index (χ0n) is 11.1. The summed E-state index contributed by atoms with van der Waals surface area (Å²) in [6, 6.07) is 8.97. The third kappa shape index (κ3) is 3.65. The van der Waals surface area contributed by atoms with Crippen LogP contribution in [0.3, 0.4) is 0 Å². The van der Waals surface area contributed by atoms with E-state index in [-0.39, 0.29) is 19.2 Å². The Morgan fingerprint density at radius 3 is 2.29 bits per heavy atom. The number of ether oxygens (including phenoxy) is 1. The van der Waals surface area contributed by atoms with Crippen molar-refractivity contribution in [3.63, 3.8) is 0 Å². The smallest absolute Gasteiger partial charge is 0.383 e. The minimum absolute atomic E-state index is 0.0152. The van der Waals surface area contributed by atoms with E-state index in [1.165, 1.54) is 0 Å². The van der Waals surface area contributed by atoms with Crippen molar-refractivity contribution in [2.45, 2.75) is 31.3 Å². The lowest BCUT2D eigenvalue weighted by atomic mass is 10.1. The monoisotopic (exact) mass is 305 g/mol. The topological polar surface area (TPSA) is 29.5 Å². The number of rotatable bonds is 4. The van der Waals surface area contributed by atoms with Gasteiger partial charge >= 0.3 is 12.3 Å². The molecule has 1 saturated heterocycles. The van der Waals surface area contributed by atoms with Gasteiger partial charge in [-0.1, -0.05) is 18.2 Å². The van der Waals surface area contributed by atoms with Crippen LogP contribution in [0, 0.1) is 0 Å². The SMILES string of the molecule is O=C(N1CCC(Oc2ccccc2)CC1)C(F)(F)C(F)F. The van der Waals surface area contributed by atoms with Crippen molar-refractivity contribution in [3.05, 3.63) is 30.3 Å². The molecule has 2 rings (SSSR count). The highest BCUT2D eigenvalue weighted by Crippen LogP contribution is 2.27. The van der Waals surface area contributed by atoms with Crippen molar-refractivity contribution >= 4 is 5.91 Å². The van der Waals surface area contributed by atoms with Gasteiger partial charge in [-0.25, -0.2) is 8.78 Å². The van der Waals surface area contributed by atoms with Gasteiger partial charge in [0.2, 0.25) is 0 Å². The zero-order chi connectivity index (χ0) is 15.5. The average Bonchev–Trinajstić information content (AvgIpc) is 2.48. The summed E-state index contributed by atoms with van der Waals surface area (Å²) in [6.07, 6.45) is -3.53. The Labute approximate surface area is 119 Å². The third-order valence-electron chi connectivity index (χ3n) is 3.33. The molecule has 1 aliphatic heterocycles. The van der Waals surface area contributed by atoms with Crippen molar-refractivity contribution in [1.29, 1.82) is 0 Å². The maximum absolute atomic E-state index is 13.0. The summed E-state index contributed by atoms with van der Waals surface area (Å²) >= 11 is 0. The highest BCUT2D eigenvalue weighted by atomic mass is 19.3. The molecule has 116 valence electrons. The molecular formula is C14H15F4NO2. The van der Waals surface area contributed by atoms with Crippen LogP contribution in [0.15, 0.2) is 30.3 Å². The van der Waals surface area contributed by atoms with Crippen LogP contribution in [0.1, 0.15) is 12.8 Å². The van der Waals surface area contributed by atoms with Crippen molar-refractivity contribution in [3.8, 4) is 5.75 Å². The summed E-state index contributed by atoms with van der Waals surface area (Å²) in [5.74, 6) is -5.77. The van der Waals surface area contributed by atoms with E-state index in [2.05, 4.69) is 0 Å². The summed E-state index contributed by atoms with van der Waals surface area (Å²) in [5, 5.41) is 0. The first kappa shape index (κ1) is 15.6. The zero-order valence-corrected chi connectivity index (χ0v) is 11.1. The Bertz CT molecular complexity index is 473. The molecule has 1 aliphatic rings. The van der Waals surface area contributed by atoms with Crippen molar-refractivity contribution in [1.82, 2.24) is 4.90 Å².